The Balaban J connectivity index is 1.33. The number of para-hydroxylation sites is 2. The van der Waals surface area contributed by atoms with Gasteiger partial charge in [-0.05, 0) is 49.7 Å². The maximum absolute atomic E-state index is 13.1. The normalized spacial score (nSPS) is 11.9. The second-order valence-corrected chi connectivity index (χ2v) is 9.05. The summed E-state index contributed by atoms with van der Waals surface area (Å²) in [5, 5.41) is 3.22. The minimum absolute atomic E-state index is 0.309. The Morgan fingerprint density at radius 2 is 1.81 bits per heavy atom. The van der Waals surface area contributed by atoms with Gasteiger partial charge in [-0.2, -0.15) is 0 Å². The smallest absolute Gasteiger partial charge is 0.339 e. The Bertz CT molecular complexity index is 1530. The number of fused-ring (bicyclic) bond motifs is 2. The number of hydrogen-bond donors (Lipinski definition) is 2. The number of aromatic amines is 1. The first-order chi connectivity index (χ1) is 17.6. The van der Waals surface area contributed by atoms with Crippen LogP contribution in [0, 0.1) is 0 Å². The third-order valence-corrected chi connectivity index (χ3v) is 6.54. The Kier molecular flexibility index (Phi) is 6.64. The number of aromatic nitrogens is 3. The van der Waals surface area contributed by atoms with Gasteiger partial charge in [0.2, 0.25) is 0 Å². The van der Waals surface area contributed by atoms with Gasteiger partial charge in [0, 0.05) is 5.56 Å². The summed E-state index contributed by atoms with van der Waals surface area (Å²) in [6.07, 6.45) is -0.670. The molecule has 1 unspecified atom stereocenters. The average molecular weight is 501 g/mol. The van der Waals surface area contributed by atoms with Crippen LogP contribution in [-0.4, -0.2) is 39.5 Å². The van der Waals surface area contributed by atoms with Crippen molar-refractivity contribution in [3.05, 3.63) is 72.3 Å². The first-order valence-electron chi connectivity index (χ1n) is 11.6. The fraction of sp³-hybridized carbons (Fsp3) is 0.185. The molecular weight excluding hydrogens is 476 g/mol. The van der Waals surface area contributed by atoms with Gasteiger partial charge in [0.25, 0.3) is 5.91 Å². The first-order valence-corrected chi connectivity index (χ1v) is 12.5. The zero-order chi connectivity index (χ0) is 25.1. The Labute approximate surface area is 211 Å². The topological polar surface area (TPSA) is 106 Å². The molecule has 5 aromatic rings. The number of hydrogen-bond acceptors (Lipinski definition) is 7. The van der Waals surface area contributed by atoms with Crippen LogP contribution in [0.3, 0.4) is 0 Å². The van der Waals surface area contributed by atoms with E-state index in [1.807, 2.05) is 55.5 Å². The number of ether oxygens (including phenoxy) is 2. The highest BCUT2D eigenvalue weighted by molar-refractivity contribution is 7.22. The Hall–Kier alpha value is -4.24. The van der Waals surface area contributed by atoms with Gasteiger partial charge in [-0.25, -0.2) is 14.8 Å². The maximum atomic E-state index is 13.1. The predicted octanol–water partition coefficient (Wildman–Crippen LogP) is 5.81. The number of amides is 1. The van der Waals surface area contributed by atoms with E-state index < -0.39 is 18.0 Å². The molecule has 0 aliphatic heterocycles. The molecule has 182 valence electrons. The molecular formula is C27H24N4O4S. The summed E-state index contributed by atoms with van der Waals surface area (Å²) in [5.41, 5.74) is 3.34. The van der Waals surface area contributed by atoms with Crippen LogP contribution >= 0.6 is 11.3 Å². The van der Waals surface area contributed by atoms with Gasteiger partial charge >= 0.3 is 5.97 Å². The number of H-pyrrole nitrogens is 1. The van der Waals surface area contributed by atoms with E-state index >= 15 is 0 Å². The molecule has 2 aromatic heterocycles. The number of esters is 1. The average Bonchev–Trinajstić information content (AvgIpc) is 3.50. The van der Waals surface area contributed by atoms with Gasteiger partial charge in [0.1, 0.15) is 11.6 Å². The second kappa shape index (κ2) is 10.2. The molecule has 0 bridgehead atoms. The summed E-state index contributed by atoms with van der Waals surface area (Å²) in [5.74, 6) is 0.270. The molecule has 0 aliphatic rings. The fourth-order valence-corrected chi connectivity index (χ4v) is 4.76. The molecule has 0 saturated heterocycles. The van der Waals surface area contributed by atoms with E-state index in [1.165, 1.54) is 11.3 Å². The number of anilines is 1. The molecule has 2 N–H and O–H groups in total. The van der Waals surface area contributed by atoms with Crippen LogP contribution in [0.5, 0.6) is 5.75 Å². The zero-order valence-corrected chi connectivity index (χ0v) is 20.6. The maximum Gasteiger partial charge on any atom is 0.339 e. The highest BCUT2D eigenvalue weighted by atomic mass is 32.1. The van der Waals surface area contributed by atoms with Crippen LogP contribution in [0.2, 0.25) is 0 Å². The highest BCUT2D eigenvalue weighted by Crippen LogP contribution is 2.30. The van der Waals surface area contributed by atoms with E-state index in [9.17, 15) is 9.59 Å². The minimum Gasteiger partial charge on any atom is -0.494 e. The molecule has 0 fully saturated rings. The van der Waals surface area contributed by atoms with Crippen molar-refractivity contribution in [3.8, 4) is 17.1 Å². The van der Waals surface area contributed by atoms with E-state index in [0.29, 0.717) is 35.1 Å². The molecule has 1 amide bonds. The van der Waals surface area contributed by atoms with Crippen molar-refractivity contribution in [2.45, 2.75) is 26.4 Å². The van der Waals surface area contributed by atoms with Gasteiger partial charge in [-0.15, -0.1) is 0 Å². The van der Waals surface area contributed by atoms with E-state index in [2.05, 4.69) is 20.3 Å². The number of carbonyl (C=O) groups excluding carboxylic acids is 2. The van der Waals surface area contributed by atoms with Crippen LogP contribution in [-0.2, 0) is 9.53 Å². The van der Waals surface area contributed by atoms with Crippen LogP contribution in [0.15, 0.2) is 66.7 Å². The van der Waals surface area contributed by atoms with Crippen molar-refractivity contribution in [1.29, 1.82) is 0 Å². The lowest BCUT2D eigenvalue weighted by Crippen LogP contribution is -2.32. The van der Waals surface area contributed by atoms with E-state index in [-0.39, 0.29) is 0 Å². The van der Waals surface area contributed by atoms with Crippen molar-refractivity contribution < 1.29 is 19.1 Å². The summed E-state index contributed by atoms with van der Waals surface area (Å²) in [6.45, 7) is 4.27. The van der Waals surface area contributed by atoms with Gasteiger partial charge < -0.3 is 14.5 Å². The zero-order valence-electron chi connectivity index (χ0n) is 19.8. The van der Waals surface area contributed by atoms with Gasteiger partial charge in [0.15, 0.2) is 11.2 Å². The third-order valence-electron chi connectivity index (χ3n) is 5.61. The number of thiazole rings is 1. The number of carbonyl (C=O) groups is 2. The van der Waals surface area contributed by atoms with E-state index in [4.69, 9.17) is 9.47 Å². The Morgan fingerprint density at radius 3 is 2.61 bits per heavy atom. The number of nitrogens with zero attached hydrogens (tertiary/aromatic N) is 2. The van der Waals surface area contributed by atoms with Crippen molar-refractivity contribution in [2.75, 3.05) is 11.9 Å². The summed E-state index contributed by atoms with van der Waals surface area (Å²) < 4.78 is 12.1. The Morgan fingerprint density at radius 1 is 1.00 bits per heavy atom. The lowest BCUT2D eigenvalue weighted by Gasteiger charge is -2.16. The molecule has 2 heterocycles. The monoisotopic (exact) mass is 500 g/mol. The summed E-state index contributed by atoms with van der Waals surface area (Å²) >= 11 is 1.33. The first kappa shape index (κ1) is 23.5. The summed E-state index contributed by atoms with van der Waals surface area (Å²) in [7, 11) is 0. The molecule has 9 heteroatoms. The van der Waals surface area contributed by atoms with Crippen LogP contribution < -0.4 is 10.1 Å². The molecule has 5 rings (SSSR count). The number of imidazole rings is 1. The van der Waals surface area contributed by atoms with Crippen molar-refractivity contribution in [2.24, 2.45) is 0 Å². The molecule has 0 spiro atoms. The largest absolute Gasteiger partial charge is 0.494 e. The molecule has 36 heavy (non-hydrogen) atoms. The fourth-order valence-electron chi connectivity index (χ4n) is 3.86. The minimum atomic E-state index is -0.979. The van der Waals surface area contributed by atoms with E-state index in [1.54, 1.807) is 25.1 Å². The van der Waals surface area contributed by atoms with Crippen molar-refractivity contribution >= 4 is 49.6 Å². The van der Waals surface area contributed by atoms with Crippen LogP contribution in [0.1, 0.15) is 30.6 Å². The van der Waals surface area contributed by atoms with Crippen LogP contribution in [0.25, 0.3) is 32.6 Å². The van der Waals surface area contributed by atoms with Crippen molar-refractivity contribution in [3.63, 3.8) is 0 Å². The van der Waals surface area contributed by atoms with Gasteiger partial charge in [-0.1, -0.05) is 48.6 Å². The van der Waals surface area contributed by atoms with Gasteiger partial charge in [-0.3, -0.25) is 10.1 Å². The second-order valence-electron chi connectivity index (χ2n) is 8.02. The molecule has 0 radical (unpaired) electrons. The van der Waals surface area contributed by atoms with E-state index in [0.717, 1.165) is 27.0 Å². The predicted molar refractivity (Wildman–Crippen MR) is 140 cm³/mol. The lowest BCUT2D eigenvalue weighted by molar-refractivity contribution is -0.124. The lowest BCUT2D eigenvalue weighted by atomic mass is 10.1. The van der Waals surface area contributed by atoms with Crippen molar-refractivity contribution in [1.82, 2.24) is 15.0 Å². The molecule has 0 aliphatic carbocycles. The SMILES string of the molecule is CCOc1ccc2nc(NC(=O)C(CC)OC(=O)c3ccccc3-c3nc4ccccc4[nH]3)sc2c1. The number of rotatable bonds is 8. The number of benzene rings is 3. The van der Waals surface area contributed by atoms with Gasteiger partial charge in [0.05, 0.1) is 33.4 Å². The summed E-state index contributed by atoms with van der Waals surface area (Å²) in [4.78, 5) is 38.4. The summed E-state index contributed by atoms with van der Waals surface area (Å²) in [6, 6.07) is 20.3. The molecule has 0 saturated carbocycles. The molecule has 8 nitrogen and oxygen atoms in total. The quantitative estimate of drug-likeness (QED) is 0.260. The molecule has 1 atom stereocenters. The highest BCUT2D eigenvalue weighted by Gasteiger charge is 2.25. The molecule has 3 aromatic carbocycles. The third kappa shape index (κ3) is 4.78. The number of nitrogens with one attached hydrogen (secondary N) is 2. The standard InChI is InChI=1S/C27H24N4O4S/c1-3-22(25(32)31-27-30-21-14-13-16(34-4-2)15-23(21)36-27)35-26(33)18-10-6-5-9-17(18)24-28-19-11-7-8-12-20(19)29-24/h5-15,22H,3-4H2,1-2H3,(H,28,29)(H,30,31,32). The van der Waals surface area contributed by atoms with Crippen LogP contribution in [0.4, 0.5) is 5.13 Å².